The molecular weight excluding hydrogens is 317 g/mol. The molecule has 3 aromatic rings. The van der Waals surface area contributed by atoms with Crippen molar-refractivity contribution in [3.05, 3.63) is 41.8 Å². The molecule has 0 aliphatic heterocycles. The van der Waals surface area contributed by atoms with Crippen LogP contribution >= 0.6 is 11.3 Å². The maximum atomic E-state index is 12.9. The van der Waals surface area contributed by atoms with Gasteiger partial charge in [0, 0.05) is 10.9 Å². The number of halogens is 1. The zero-order valence-corrected chi connectivity index (χ0v) is 11.9. The van der Waals surface area contributed by atoms with Crippen molar-refractivity contribution in [3.8, 4) is 10.6 Å². The molecule has 0 fully saturated rings. The third kappa shape index (κ3) is 2.90. The molecule has 0 aliphatic rings. The molecule has 10 heteroatoms. The maximum absolute atomic E-state index is 12.9. The average molecular weight is 325 g/mol. The molecule has 0 atom stereocenters. The van der Waals surface area contributed by atoms with Gasteiger partial charge in [0.15, 0.2) is 5.03 Å². The average Bonchev–Trinajstić information content (AvgIpc) is 3.10. The van der Waals surface area contributed by atoms with E-state index in [1.165, 1.54) is 36.0 Å². The van der Waals surface area contributed by atoms with Crippen molar-refractivity contribution in [3.63, 3.8) is 0 Å². The van der Waals surface area contributed by atoms with E-state index < -0.39 is 10.0 Å². The molecule has 1 aromatic carbocycles. The van der Waals surface area contributed by atoms with E-state index in [0.717, 1.165) is 11.3 Å². The topological polar surface area (TPSA) is 101 Å². The Balaban J connectivity index is 1.89. The van der Waals surface area contributed by atoms with Gasteiger partial charge in [0.25, 0.3) is 10.0 Å². The monoisotopic (exact) mass is 325 g/mol. The molecule has 21 heavy (non-hydrogen) atoms. The molecule has 0 aliphatic carbocycles. The van der Waals surface area contributed by atoms with Crippen molar-refractivity contribution >= 4 is 27.3 Å². The lowest BCUT2D eigenvalue weighted by Gasteiger charge is -2.00. The van der Waals surface area contributed by atoms with E-state index in [0.29, 0.717) is 10.6 Å². The number of anilines is 1. The standard InChI is InChI=1S/C11H8FN5O2S2/c12-8-3-1-7(2-4-8)10-15-9(5-20-10)21(18,19)17-11-13-6-14-16-11/h1-6H,(H2,13,14,16,17). The van der Waals surface area contributed by atoms with Gasteiger partial charge in [-0.25, -0.2) is 19.2 Å². The molecule has 0 unspecified atom stereocenters. The molecule has 2 heterocycles. The second kappa shape index (κ2) is 5.22. The van der Waals surface area contributed by atoms with Gasteiger partial charge in [-0.3, -0.25) is 0 Å². The Kier molecular flexibility index (Phi) is 3.39. The predicted molar refractivity (Wildman–Crippen MR) is 74.7 cm³/mol. The van der Waals surface area contributed by atoms with Crippen LogP contribution in [0.4, 0.5) is 10.3 Å². The normalized spacial score (nSPS) is 11.5. The van der Waals surface area contributed by atoms with E-state index in [1.807, 2.05) is 0 Å². The van der Waals surface area contributed by atoms with Crippen molar-refractivity contribution in [2.45, 2.75) is 5.03 Å². The van der Waals surface area contributed by atoms with Gasteiger partial charge in [-0.2, -0.15) is 18.5 Å². The molecule has 0 radical (unpaired) electrons. The summed E-state index contributed by atoms with van der Waals surface area (Å²) in [5.74, 6) is -0.360. The Hall–Kier alpha value is -2.33. The second-order valence-corrected chi connectivity index (χ2v) is 6.42. The Morgan fingerprint density at radius 3 is 2.67 bits per heavy atom. The van der Waals surface area contributed by atoms with Crippen LogP contribution < -0.4 is 4.72 Å². The van der Waals surface area contributed by atoms with Crippen LogP contribution in [0, 0.1) is 5.82 Å². The van der Waals surface area contributed by atoms with Gasteiger partial charge in [-0.1, -0.05) is 0 Å². The quantitative estimate of drug-likeness (QED) is 0.762. The molecule has 3 rings (SSSR count). The lowest BCUT2D eigenvalue weighted by molar-refractivity contribution is 0.598. The van der Waals surface area contributed by atoms with Crippen molar-refractivity contribution in [2.24, 2.45) is 0 Å². The fourth-order valence-electron chi connectivity index (χ4n) is 1.54. The summed E-state index contributed by atoms with van der Waals surface area (Å²) in [6.07, 6.45) is 1.18. The molecule has 7 nitrogen and oxygen atoms in total. The molecular formula is C11H8FN5O2S2. The van der Waals surface area contributed by atoms with Crippen molar-refractivity contribution in [1.29, 1.82) is 0 Å². The molecule has 2 N–H and O–H groups in total. The summed E-state index contributed by atoms with van der Waals surface area (Å²) in [5.41, 5.74) is 0.641. The smallest absolute Gasteiger partial charge is 0.246 e. The molecule has 0 amide bonds. The second-order valence-electron chi connectivity index (χ2n) is 3.94. The number of H-pyrrole nitrogens is 1. The van der Waals surface area contributed by atoms with Gasteiger partial charge in [0.2, 0.25) is 5.95 Å². The third-order valence-electron chi connectivity index (χ3n) is 2.50. The number of thiazole rings is 1. The fraction of sp³-hybridized carbons (Fsp3) is 0. The highest BCUT2D eigenvalue weighted by Crippen LogP contribution is 2.26. The van der Waals surface area contributed by atoms with E-state index in [4.69, 9.17) is 0 Å². The molecule has 0 bridgehead atoms. The number of hydrogen-bond donors (Lipinski definition) is 2. The van der Waals surface area contributed by atoms with Crippen LogP contribution in [0.5, 0.6) is 0 Å². The van der Waals surface area contributed by atoms with Gasteiger partial charge in [-0.15, -0.1) is 11.3 Å². The first-order valence-corrected chi connectivity index (χ1v) is 8.00. The zero-order chi connectivity index (χ0) is 14.9. The minimum atomic E-state index is -3.84. The highest BCUT2D eigenvalue weighted by Gasteiger charge is 2.20. The number of nitrogens with one attached hydrogen (secondary N) is 2. The largest absolute Gasteiger partial charge is 0.282 e. The van der Waals surface area contributed by atoms with E-state index >= 15 is 0 Å². The summed E-state index contributed by atoms with van der Waals surface area (Å²) < 4.78 is 39.3. The van der Waals surface area contributed by atoms with Crippen LogP contribution in [0.3, 0.4) is 0 Å². The van der Waals surface area contributed by atoms with Crippen LogP contribution in [-0.4, -0.2) is 28.6 Å². The van der Waals surface area contributed by atoms with Gasteiger partial charge < -0.3 is 0 Å². The summed E-state index contributed by atoms with van der Waals surface area (Å²) in [5, 5.41) is 7.68. The molecule has 0 saturated heterocycles. The van der Waals surface area contributed by atoms with E-state index in [1.54, 1.807) is 0 Å². The van der Waals surface area contributed by atoms with Gasteiger partial charge in [0.1, 0.15) is 17.2 Å². The Labute approximate surface area is 122 Å². The highest BCUT2D eigenvalue weighted by molar-refractivity contribution is 7.92. The Morgan fingerprint density at radius 1 is 1.24 bits per heavy atom. The molecule has 0 saturated carbocycles. The van der Waals surface area contributed by atoms with Crippen molar-refractivity contribution in [1.82, 2.24) is 20.2 Å². The fourth-order valence-corrected chi connectivity index (χ4v) is 3.61. The molecule has 108 valence electrons. The predicted octanol–water partition coefficient (Wildman–Crippen LogP) is 1.87. The number of aromatic amines is 1. The van der Waals surface area contributed by atoms with Crippen LogP contribution in [-0.2, 0) is 10.0 Å². The first-order chi connectivity index (χ1) is 10.0. The van der Waals surface area contributed by atoms with Gasteiger partial charge >= 0.3 is 0 Å². The van der Waals surface area contributed by atoms with Crippen LogP contribution in [0.1, 0.15) is 0 Å². The third-order valence-corrected chi connectivity index (χ3v) is 4.76. The number of aromatic nitrogens is 4. The van der Waals surface area contributed by atoms with E-state index in [2.05, 4.69) is 24.9 Å². The highest BCUT2D eigenvalue weighted by atomic mass is 32.2. The molecule has 2 aromatic heterocycles. The Bertz CT molecular complexity index is 843. The van der Waals surface area contributed by atoms with E-state index in [-0.39, 0.29) is 16.8 Å². The summed E-state index contributed by atoms with van der Waals surface area (Å²) in [7, 11) is -3.84. The van der Waals surface area contributed by atoms with Gasteiger partial charge in [0.05, 0.1) is 0 Å². The van der Waals surface area contributed by atoms with Crippen LogP contribution in [0.25, 0.3) is 10.6 Å². The van der Waals surface area contributed by atoms with Gasteiger partial charge in [-0.05, 0) is 24.3 Å². The summed E-state index contributed by atoms with van der Waals surface area (Å²) in [6.45, 7) is 0. The number of nitrogens with zero attached hydrogens (tertiary/aromatic N) is 3. The Morgan fingerprint density at radius 2 is 2.00 bits per heavy atom. The summed E-state index contributed by atoms with van der Waals surface area (Å²) in [4.78, 5) is 7.72. The first-order valence-electron chi connectivity index (χ1n) is 5.64. The maximum Gasteiger partial charge on any atom is 0.282 e. The number of hydrogen-bond acceptors (Lipinski definition) is 6. The van der Waals surface area contributed by atoms with Crippen molar-refractivity contribution in [2.75, 3.05) is 4.72 Å². The van der Waals surface area contributed by atoms with Crippen LogP contribution in [0.2, 0.25) is 0 Å². The van der Waals surface area contributed by atoms with E-state index in [9.17, 15) is 12.8 Å². The minimum Gasteiger partial charge on any atom is -0.246 e. The summed E-state index contributed by atoms with van der Waals surface area (Å²) in [6, 6.07) is 5.65. The minimum absolute atomic E-state index is 0.00586. The zero-order valence-electron chi connectivity index (χ0n) is 10.3. The SMILES string of the molecule is O=S(=O)(Nc1ncn[nH]1)c1csc(-c2ccc(F)cc2)n1. The number of rotatable bonds is 4. The number of sulfonamides is 1. The summed E-state index contributed by atoms with van der Waals surface area (Å²) >= 11 is 1.15. The lowest BCUT2D eigenvalue weighted by Crippen LogP contribution is -2.14. The molecule has 0 spiro atoms. The number of benzene rings is 1. The van der Waals surface area contributed by atoms with Crippen LogP contribution in [0.15, 0.2) is 41.0 Å². The first kappa shape index (κ1) is 13.6. The lowest BCUT2D eigenvalue weighted by atomic mass is 10.2. The van der Waals surface area contributed by atoms with Crippen molar-refractivity contribution < 1.29 is 12.8 Å².